The average molecular weight is 471 g/mol. The number of likely N-dealkylation sites (tertiary alicyclic amines) is 1. The molecule has 0 saturated carbocycles. The van der Waals surface area contributed by atoms with Gasteiger partial charge in [0, 0.05) is 37.7 Å². The maximum atomic E-state index is 12.9. The molecule has 1 N–H and O–H groups in total. The molecule has 0 radical (unpaired) electrons. The summed E-state index contributed by atoms with van der Waals surface area (Å²) >= 11 is 0. The molecule has 0 atom stereocenters. The van der Waals surface area contributed by atoms with Crippen LogP contribution in [0.3, 0.4) is 0 Å². The molecule has 1 aliphatic rings. The molecule has 0 bridgehead atoms. The van der Waals surface area contributed by atoms with Gasteiger partial charge in [0.2, 0.25) is 5.91 Å². The van der Waals surface area contributed by atoms with Gasteiger partial charge in [0.15, 0.2) is 0 Å². The number of carbonyl (C=O) groups is 2. The third-order valence-electron chi connectivity index (χ3n) is 6.30. The predicted octanol–water partition coefficient (Wildman–Crippen LogP) is 3.43. The molecule has 0 spiro atoms. The van der Waals surface area contributed by atoms with Crippen molar-refractivity contribution in [3.63, 3.8) is 0 Å². The summed E-state index contributed by atoms with van der Waals surface area (Å²) in [5.74, 6) is 1.48. The first-order valence-electron chi connectivity index (χ1n) is 11.9. The minimum atomic E-state index is -0.0423. The number of rotatable bonds is 9. The standard InChI is InChI=1S/C26H38N4O4/c1-18-23(19(2)34-28-18)15-33-22-9-7-21(8-10-22)25(32)30-13-11-20(12-14-30)24(31)27-16-26(3,4)17-29(5)6/h7-10,20H,11-17H2,1-6H3,(H,27,31). The third kappa shape index (κ3) is 6.82. The van der Waals surface area contributed by atoms with E-state index in [0.29, 0.717) is 50.4 Å². The minimum Gasteiger partial charge on any atom is -0.489 e. The van der Waals surface area contributed by atoms with Crippen molar-refractivity contribution in [1.82, 2.24) is 20.3 Å². The molecule has 8 heteroatoms. The molecule has 0 unspecified atom stereocenters. The highest BCUT2D eigenvalue weighted by Crippen LogP contribution is 2.22. The van der Waals surface area contributed by atoms with Gasteiger partial charge in [-0.2, -0.15) is 0 Å². The molecule has 0 aliphatic carbocycles. The lowest BCUT2D eigenvalue weighted by Gasteiger charge is -2.33. The Hall–Kier alpha value is -2.87. The number of carbonyl (C=O) groups excluding carboxylic acids is 2. The Morgan fingerprint density at radius 3 is 2.38 bits per heavy atom. The second kappa shape index (κ2) is 11.0. The van der Waals surface area contributed by atoms with Crippen LogP contribution in [0.4, 0.5) is 0 Å². The SMILES string of the molecule is Cc1noc(C)c1COc1ccc(C(=O)N2CCC(C(=O)NCC(C)(C)CN(C)C)CC2)cc1. The van der Waals surface area contributed by atoms with E-state index in [0.717, 1.165) is 23.6 Å². The predicted molar refractivity (Wildman–Crippen MR) is 131 cm³/mol. The van der Waals surface area contributed by atoms with Crippen LogP contribution >= 0.6 is 0 Å². The molecule has 1 fully saturated rings. The van der Waals surface area contributed by atoms with E-state index in [1.165, 1.54) is 0 Å². The van der Waals surface area contributed by atoms with Crippen LogP contribution in [0.1, 0.15) is 54.1 Å². The molecule has 1 aliphatic heterocycles. The maximum absolute atomic E-state index is 12.9. The van der Waals surface area contributed by atoms with Crippen LogP contribution in [0, 0.1) is 25.2 Å². The lowest BCUT2D eigenvalue weighted by molar-refractivity contribution is -0.126. The first kappa shape index (κ1) is 25.7. The van der Waals surface area contributed by atoms with Crippen molar-refractivity contribution in [2.45, 2.75) is 47.1 Å². The Morgan fingerprint density at radius 2 is 1.82 bits per heavy atom. The summed E-state index contributed by atoms with van der Waals surface area (Å²) in [4.78, 5) is 29.6. The lowest BCUT2D eigenvalue weighted by atomic mass is 9.91. The number of benzene rings is 1. The van der Waals surface area contributed by atoms with Crippen LogP contribution in [-0.2, 0) is 11.4 Å². The van der Waals surface area contributed by atoms with Crippen LogP contribution in [0.5, 0.6) is 5.75 Å². The van der Waals surface area contributed by atoms with E-state index in [9.17, 15) is 9.59 Å². The molecular weight excluding hydrogens is 432 g/mol. The Kier molecular flexibility index (Phi) is 8.36. The van der Waals surface area contributed by atoms with Crippen molar-refractivity contribution in [1.29, 1.82) is 0 Å². The Bertz CT molecular complexity index is 954. The number of piperidine rings is 1. The number of amides is 2. The zero-order valence-electron chi connectivity index (χ0n) is 21.3. The summed E-state index contributed by atoms with van der Waals surface area (Å²) in [6.45, 7) is 11.1. The molecule has 8 nitrogen and oxygen atoms in total. The number of hydrogen-bond acceptors (Lipinski definition) is 6. The van der Waals surface area contributed by atoms with Crippen molar-refractivity contribution in [2.24, 2.45) is 11.3 Å². The van der Waals surface area contributed by atoms with Gasteiger partial charge in [0.1, 0.15) is 18.1 Å². The molecule has 2 heterocycles. The topological polar surface area (TPSA) is 87.9 Å². The molecule has 2 aromatic rings. The van der Waals surface area contributed by atoms with Crippen molar-refractivity contribution in [2.75, 3.05) is 40.3 Å². The average Bonchev–Trinajstić information content (AvgIpc) is 3.12. The van der Waals surface area contributed by atoms with Crippen LogP contribution < -0.4 is 10.1 Å². The number of hydrogen-bond donors (Lipinski definition) is 1. The fourth-order valence-corrected chi connectivity index (χ4v) is 4.47. The third-order valence-corrected chi connectivity index (χ3v) is 6.30. The van der Waals surface area contributed by atoms with E-state index in [1.807, 2.05) is 32.8 Å². The van der Waals surface area contributed by atoms with Gasteiger partial charge >= 0.3 is 0 Å². The van der Waals surface area contributed by atoms with E-state index >= 15 is 0 Å². The highest BCUT2D eigenvalue weighted by atomic mass is 16.5. The lowest BCUT2D eigenvalue weighted by Crippen LogP contribution is -2.46. The summed E-state index contributed by atoms with van der Waals surface area (Å²) in [5.41, 5.74) is 2.39. The van der Waals surface area contributed by atoms with E-state index < -0.39 is 0 Å². The molecule has 3 rings (SSSR count). The van der Waals surface area contributed by atoms with E-state index in [1.54, 1.807) is 24.3 Å². The highest BCUT2D eigenvalue weighted by molar-refractivity contribution is 5.94. The van der Waals surface area contributed by atoms with Gasteiger partial charge in [-0.1, -0.05) is 19.0 Å². The van der Waals surface area contributed by atoms with E-state index in [2.05, 4.69) is 29.2 Å². The van der Waals surface area contributed by atoms with Gasteiger partial charge in [0.25, 0.3) is 5.91 Å². The zero-order valence-corrected chi connectivity index (χ0v) is 21.3. The van der Waals surface area contributed by atoms with Gasteiger partial charge in [0.05, 0.1) is 11.3 Å². The summed E-state index contributed by atoms with van der Waals surface area (Å²) < 4.78 is 11.0. The van der Waals surface area contributed by atoms with Gasteiger partial charge < -0.3 is 24.4 Å². The first-order chi connectivity index (χ1) is 16.1. The fourth-order valence-electron chi connectivity index (χ4n) is 4.47. The minimum absolute atomic E-state index is 0.0109. The van der Waals surface area contributed by atoms with Gasteiger partial charge in [-0.15, -0.1) is 0 Å². The quantitative estimate of drug-likeness (QED) is 0.604. The van der Waals surface area contributed by atoms with Crippen LogP contribution in [0.2, 0.25) is 0 Å². The van der Waals surface area contributed by atoms with Crippen LogP contribution in [-0.4, -0.2) is 67.0 Å². The Morgan fingerprint density at radius 1 is 1.18 bits per heavy atom. The number of nitrogens with one attached hydrogen (secondary N) is 1. The molecule has 2 amide bonds. The highest BCUT2D eigenvalue weighted by Gasteiger charge is 2.29. The van der Waals surface area contributed by atoms with Gasteiger partial charge in [-0.3, -0.25) is 9.59 Å². The molecule has 1 aromatic carbocycles. The number of aromatic nitrogens is 1. The van der Waals surface area contributed by atoms with Crippen LogP contribution in [0.25, 0.3) is 0 Å². The molecule has 186 valence electrons. The largest absolute Gasteiger partial charge is 0.489 e. The fraction of sp³-hybridized carbons (Fsp3) is 0.577. The summed E-state index contributed by atoms with van der Waals surface area (Å²) in [7, 11) is 4.08. The summed E-state index contributed by atoms with van der Waals surface area (Å²) in [6, 6.07) is 7.19. The molecule has 1 aromatic heterocycles. The van der Waals surface area contributed by atoms with Crippen molar-refractivity contribution >= 4 is 11.8 Å². The second-order valence-corrected chi connectivity index (χ2v) is 10.3. The summed E-state index contributed by atoms with van der Waals surface area (Å²) in [6.07, 6.45) is 1.37. The van der Waals surface area contributed by atoms with Crippen molar-refractivity contribution in [3.8, 4) is 5.75 Å². The maximum Gasteiger partial charge on any atom is 0.253 e. The van der Waals surface area contributed by atoms with Crippen molar-refractivity contribution in [3.05, 3.63) is 46.8 Å². The second-order valence-electron chi connectivity index (χ2n) is 10.3. The molecule has 34 heavy (non-hydrogen) atoms. The number of ether oxygens (including phenoxy) is 1. The van der Waals surface area contributed by atoms with Crippen LogP contribution in [0.15, 0.2) is 28.8 Å². The van der Waals surface area contributed by atoms with E-state index in [-0.39, 0.29) is 23.1 Å². The van der Waals surface area contributed by atoms with Gasteiger partial charge in [-0.05, 0) is 70.5 Å². The molecular formula is C26H38N4O4. The summed E-state index contributed by atoms with van der Waals surface area (Å²) in [5, 5.41) is 7.05. The number of aryl methyl sites for hydroxylation is 2. The molecule has 1 saturated heterocycles. The smallest absolute Gasteiger partial charge is 0.253 e. The van der Waals surface area contributed by atoms with Crippen molar-refractivity contribution < 1.29 is 18.8 Å². The normalized spacial score (nSPS) is 15.0. The first-order valence-corrected chi connectivity index (χ1v) is 11.9. The number of nitrogens with zero attached hydrogens (tertiary/aromatic N) is 3. The van der Waals surface area contributed by atoms with E-state index in [4.69, 9.17) is 9.26 Å². The monoisotopic (exact) mass is 470 g/mol. The Labute approximate surface area is 202 Å². The zero-order chi connectivity index (χ0) is 24.9. The van der Waals surface area contributed by atoms with Gasteiger partial charge in [-0.25, -0.2) is 0 Å². The Balaban J connectivity index is 1.46.